The van der Waals surface area contributed by atoms with E-state index in [1.54, 1.807) is 0 Å². The molecule has 1 aliphatic heterocycles. The number of ether oxygens (including phenoxy) is 1. The Labute approximate surface area is 200 Å². The highest BCUT2D eigenvalue weighted by Crippen LogP contribution is 2.39. The molecule has 1 saturated heterocycles. The van der Waals surface area contributed by atoms with Gasteiger partial charge in [-0.25, -0.2) is 4.79 Å². The summed E-state index contributed by atoms with van der Waals surface area (Å²) in [5.74, 6) is 0.499. The molecule has 0 aromatic heterocycles. The first-order chi connectivity index (χ1) is 15.2. The van der Waals surface area contributed by atoms with Gasteiger partial charge in [0, 0.05) is 23.2 Å². The molecule has 172 valence electrons. The van der Waals surface area contributed by atoms with Crippen LogP contribution in [0.15, 0.2) is 40.9 Å². The maximum atomic E-state index is 12.4. The molecule has 2 aromatic rings. The minimum atomic E-state index is -0.443. The third-order valence-corrected chi connectivity index (χ3v) is 7.34. The van der Waals surface area contributed by atoms with Crippen molar-refractivity contribution < 1.29 is 9.53 Å². The molecule has 1 aliphatic carbocycles. The lowest BCUT2D eigenvalue weighted by atomic mass is 9.85. The number of carbonyl (C=O) groups is 1. The number of hydrogen-bond acceptors (Lipinski definition) is 3. The van der Waals surface area contributed by atoms with E-state index in [1.807, 2.05) is 25.7 Å². The van der Waals surface area contributed by atoms with Gasteiger partial charge in [-0.1, -0.05) is 41.1 Å². The smallest absolute Gasteiger partial charge is 0.410 e. The summed E-state index contributed by atoms with van der Waals surface area (Å²) in [6.07, 6.45) is 5.06. The van der Waals surface area contributed by atoms with Crippen LogP contribution < -0.4 is 5.32 Å². The molecule has 2 aliphatic rings. The van der Waals surface area contributed by atoms with E-state index in [2.05, 4.69) is 64.6 Å². The van der Waals surface area contributed by atoms with Gasteiger partial charge in [-0.15, -0.1) is 0 Å². The third-order valence-electron chi connectivity index (χ3n) is 6.65. The van der Waals surface area contributed by atoms with Crippen LogP contribution in [0.5, 0.6) is 0 Å². The van der Waals surface area contributed by atoms with Crippen molar-refractivity contribution >= 4 is 27.7 Å². The van der Waals surface area contributed by atoms with Crippen LogP contribution in [0.4, 0.5) is 10.5 Å². The Morgan fingerprint density at radius 2 is 1.91 bits per heavy atom. The molecule has 1 N–H and O–H groups in total. The molecule has 1 heterocycles. The maximum Gasteiger partial charge on any atom is 0.410 e. The summed E-state index contributed by atoms with van der Waals surface area (Å²) in [5.41, 5.74) is 6.46. The lowest BCUT2D eigenvalue weighted by Crippen LogP contribution is -2.41. The Morgan fingerprint density at radius 3 is 2.59 bits per heavy atom. The quantitative estimate of drug-likeness (QED) is 0.483. The number of likely N-dealkylation sites (tertiary alicyclic amines) is 1. The van der Waals surface area contributed by atoms with Gasteiger partial charge in [0.2, 0.25) is 0 Å². The molecule has 4 nitrogen and oxygen atoms in total. The van der Waals surface area contributed by atoms with E-state index < -0.39 is 5.60 Å². The molecule has 0 spiro atoms. The highest BCUT2D eigenvalue weighted by Gasteiger charge is 2.29. The fraction of sp³-hybridized carbons (Fsp3) is 0.519. The van der Waals surface area contributed by atoms with Crippen LogP contribution in [0, 0.1) is 0 Å². The Hall–Kier alpha value is -2.01. The summed E-state index contributed by atoms with van der Waals surface area (Å²) < 4.78 is 6.75. The van der Waals surface area contributed by atoms with Gasteiger partial charge < -0.3 is 15.0 Å². The maximum absolute atomic E-state index is 12.4. The standard InChI is InChI=1S/C27H35BrN2O2/c1-5-18-17-21(29-24-12-9-20-7-6-8-23(28)25(20)24)10-11-22(18)19-13-15-30(16-14-19)26(31)32-27(2,3)4/h6-8,10-11,17,19,24,29H,5,9,12-16H2,1-4H3. The summed E-state index contributed by atoms with van der Waals surface area (Å²) in [6, 6.07) is 13.8. The topological polar surface area (TPSA) is 41.6 Å². The largest absolute Gasteiger partial charge is 0.444 e. The van der Waals surface area contributed by atoms with Crippen molar-refractivity contribution in [2.45, 2.75) is 77.4 Å². The fourth-order valence-electron chi connectivity index (χ4n) is 5.08. The molecule has 2 aromatic carbocycles. The lowest BCUT2D eigenvalue weighted by Gasteiger charge is -2.34. The Balaban J connectivity index is 1.43. The van der Waals surface area contributed by atoms with E-state index in [0.29, 0.717) is 12.0 Å². The van der Waals surface area contributed by atoms with Gasteiger partial charge in [-0.2, -0.15) is 0 Å². The zero-order valence-corrected chi connectivity index (χ0v) is 21.3. The van der Waals surface area contributed by atoms with Gasteiger partial charge in [-0.3, -0.25) is 0 Å². The number of anilines is 1. The molecule has 0 saturated carbocycles. The number of nitrogens with one attached hydrogen (secondary N) is 1. The van der Waals surface area contributed by atoms with Crippen molar-refractivity contribution in [1.82, 2.24) is 4.90 Å². The zero-order chi connectivity index (χ0) is 22.9. The van der Waals surface area contributed by atoms with Crippen LogP contribution in [0.1, 0.15) is 81.2 Å². The second-order valence-electron chi connectivity index (χ2n) is 10.1. The van der Waals surface area contributed by atoms with Gasteiger partial charge in [0.1, 0.15) is 5.60 Å². The van der Waals surface area contributed by atoms with Crippen molar-refractivity contribution in [3.63, 3.8) is 0 Å². The minimum Gasteiger partial charge on any atom is -0.444 e. The van der Waals surface area contributed by atoms with Crippen molar-refractivity contribution in [2.75, 3.05) is 18.4 Å². The number of piperidine rings is 1. The highest BCUT2D eigenvalue weighted by molar-refractivity contribution is 9.10. The van der Waals surface area contributed by atoms with Crippen LogP contribution in [0.3, 0.4) is 0 Å². The van der Waals surface area contributed by atoms with Gasteiger partial charge in [-0.05, 0) is 99.2 Å². The molecule has 1 unspecified atom stereocenters. The first-order valence-corrected chi connectivity index (χ1v) is 12.7. The molecule has 4 rings (SSSR count). The molecule has 0 radical (unpaired) electrons. The van der Waals surface area contributed by atoms with E-state index in [0.717, 1.165) is 45.2 Å². The lowest BCUT2D eigenvalue weighted by molar-refractivity contribution is 0.0204. The van der Waals surface area contributed by atoms with Crippen molar-refractivity contribution in [1.29, 1.82) is 0 Å². The SMILES string of the molecule is CCc1cc(NC2CCc3cccc(Br)c32)ccc1C1CCN(C(=O)OC(C)(C)C)CC1. The average Bonchev–Trinajstić information content (AvgIpc) is 3.16. The van der Waals surface area contributed by atoms with Crippen LogP contribution in [0.2, 0.25) is 0 Å². The molecule has 32 heavy (non-hydrogen) atoms. The number of rotatable bonds is 4. The molecule has 1 atom stereocenters. The van der Waals surface area contributed by atoms with Gasteiger partial charge in [0.15, 0.2) is 0 Å². The van der Waals surface area contributed by atoms with Crippen LogP contribution in [-0.2, 0) is 17.6 Å². The summed E-state index contributed by atoms with van der Waals surface area (Å²) in [6.45, 7) is 9.52. The number of hydrogen-bond donors (Lipinski definition) is 1. The zero-order valence-electron chi connectivity index (χ0n) is 19.7. The summed E-state index contributed by atoms with van der Waals surface area (Å²) in [7, 11) is 0. The van der Waals surface area contributed by atoms with Crippen LogP contribution >= 0.6 is 15.9 Å². The fourth-order valence-corrected chi connectivity index (χ4v) is 5.76. The first kappa shape index (κ1) is 23.2. The number of halogens is 1. The van der Waals surface area contributed by atoms with Gasteiger partial charge in [0.25, 0.3) is 0 Å². The normalized spacial score (nSPS) is 19.0. The Morgan fingerprint density at radius 1 is 1.16 bits per heavy atom. The van der Waals surface area contributed by atoms with E-state index in [1.165, 1.54) is 32.4 Å². The number of fused-ring (bicyclic) bond motifs is 1. The summed E-state index contributed by atoms with van der Waals surface area (Å²) >= 11 is 3.75. The van der Waals surface area contributed by atoms with E-state index in [-0.39, 0.29) is 6.09 Å². The molecule has 1 fully saturated rings. The number of benzene rings is 2. The number of nitrogens with zero attached hydrogens (tertiary/aromatic N) is 1. The predicted molar refractivity (Wildman–Crippen MR) is 134 cm³/mol. The van der Waals surface area contributed by atoms with Crippen LogP contribution in [-0.4, -0.2) is 29.7 Å². The highest BCUT2D eigenvalue weighted by atomic mass is 79.9. The monoisotopic (exact) mass is 498 g/mol. The van der Waals surface area contributed by atoms with Crippen molar-refractivity contribution in [3.8, 4) is 0 Å². The second-order valence-corrected chi connectivity index (χ2v) is 10.9. The summed E-state index contributed by atoms with van der Waals surface area (Å²) in [4.78, 5) is 14.3. The van der Waals surface area contributed by atoms with E-state index >= 15 is 0 Å². The molecule has 1 amide bonds. The number of amides is 1. The Kier molecular flexibility index (Phi) is 6.85. The van der Waals surface area contributed by atoms with Crippen molar-refractivity contribution in [3.05, 3.63) is 63.1 Å². The summed E-state index contributed by atoms with van der Waals surface area (Å²) in [5, 5.41) is 3.79. The van der Waals surface area contributed by atoms with Gasteiger partial charge >= 0.3 is 6.09 Å². The first-order valence-electron chi connectivity index (χ1n) is 11.9. The van der Waals surface area contributed by atoms with Gasteiger partial charge in [0.05, 0.1) is 6.04 Å². The van der Waals surface area contributed by atoms with Crippen molar-refractivity contribution in [2.24, 2.45) is 0 Å². The number of carbonyl (C=O) groups excluding carboxylic acids is 1. The average molecular weight is 499 g/mol. The third kappa shape index (κ3) is 5.14. The van der Waals surface area contributed by atoms with Crippen LogP contribution in [0.25, 0.3) is 0 Å². The molecule has 5 heteroatoms. The molecular formula is C27H35BrN2O2. The molecule has 0 bridgehead atoms. The second kappa shape index (κ2) is 9.46. The van der Waals surface area contributed by atoms with E-state index in [4.69, 9.17) is 4.74 Å². The predicted octanol–water partition coefficient (Wildman–Crippen LogP) is 7.23. The minimum absolute atomic E-state index is 0.186. The number of aryl methyl sites for hydroxylation is 2. The molecular weight excluding hydrogens is 464 g/mol. The Bertz CT molecular complexity index is 974. The van der Waals surface area contributed by atoms with E-state index in [9.17, 15) is 4.79 Å².